The molecular formula is C15H31NSi3. The lowest BCUT2D eigenvalue weighted by Crippen LogP contribution is -2.62. The normalized spacial score (nSPS) is 13.5. The van der Waals surface area contributed by atoms with Gasteiger partial charge in [-0.05, 0) is 11.3 Å². The Balaban J connectivity index is 3.50. The van der Waals surface area contributed by atoms with Crippen molar-refractivity contribution in [3.63, 3.8) is 0 Å². The van der Waals surface area contributed by atoms with Crippen molar-refractivity contribution in [1.82, 2.24) is 0 Å². The van der Waals surface area contributed by atoms with Crippen LogP contribution in [0.2, 0.25) is 58.9 Å². The number of benzene rings is 1. The molecule has 0 radical (unpaired) electrons. The second-order valence-electron chi connectivity index (χ2n) is 8.44. The van der Waals surface area contributed by atoms with Gasteiger partial charge in [-0.15, -0.1) is 0 Å². The first-order valence-corrected chi connectivity index (χ1v) is 17.6. The van der Waals surface area contributed by atoms with Crippen molar-refractivity contribution < 1.29 is 0 Å². The van der Waals surface area contributed by atoms with Crippen LogP contribution in [0.25, 0.3) is 0 Å². The van der Waals surface area contributed by atoms with E-state index >= 15 is 0 Å². The molecule has 0 N–H and O–H groups in total. The topological polar surface area (TPSA) is 3.24 Å². The third-order valence-electron chi connectivity index (χ3n) is 3.29. The Kier molecular flexibility index (Phi) is 4.60. The first-order valence-electron chi connectivity index (χ1n) is 7.25. The minimum Gasteiger partial charge on any atom is -0.425 e. The molecule has 0 spiro atoms. The van der Waals surface area contributed by atoms with Gasteiger partial charge in [-0.2, -0.15) is 0 Å². The number of para-hydroxylation sites is 1. The van der Waals surface area contributed by atoms with Crippen LogP contribution in [0.5, 0.6) is 0 Å². The number of hydrogen-bond donors (Lipinski definition) is 0. The van der Waals surface area contributed by atoms with E-state index in [-0.39, 0.29) is 0 Å². The minimum atomic E-state index is -1.36. The predicted molar refractivity (Wildman–Crippen MR) is 98.6 cm³/mol. The number of hydrogen-bond acceptors (Lipinski definition) is 1. The predicted octanol–water partition coefficient (Wildman–Crippen LogP) is 4.71. The van der Waals surface area contributed by atoms with Crippen LogP contribution in [-0.4, -0.2) is 24.5 Å². The third kappa shape index (κ3) is 4.07. The van der Waals surface area contributed by atoms with Gasteiger partial charge in [0.2, 0.25) is 0 Å². The molecule has 108 valence electrons. The first kappa shape index (κ1) is 16.7. The van der Waals surface area contributed by atoms with Gasteiger partial charge in [-0.1, -0.05) is 77.1 Å². The summed E-state index contributed by atoms with van der Waals surface area (Å²) in [5.41, 5.74) is 1.54. The summed E-state index contributed by atoms with van der Waals surface area (Å²) in [5.74, 6) is 0. The second-order valence-corrected chi connectivity index (χ2v) is 23.5. The van der Waals surface area contributed by atoms with Gasteiger partial charge >= 0.3 is 0 Å². The zero-order valence-electron chi connectivity index (χ0n) is 14.3. The highest BCUT2D eigenvalue weighted by atomic mass is 28.4. The molecule has 0 heterocycles. The standard InChI is InChI=1S/C15H31NSi3/c1-17(2,3)15-13-11-10-12-14(15)16(18(4,5)6)19(7,8)9/h10-13H,1-9H3. The molecule has 4 heteroatoms. The van der Waals surface area contributed by atoms with E-state index in [1.165, 1.54) is 0 Å². The Morgan fingerprint density at radius 3 is 1.47 bits per heavy atom. The molecule has 0 aliphatic heterocycles. The van der Waals surface area contributed by atoms with Crippen LogP contribution < -0.4 is 9.42 Å². The molecule has 0 saturated heterocycles. The summed E-state index contributed by atoms with van der Waals surface area (Å²) in [4.78, 5) is 0. The van der Waals surface area contributed by atoms with E-state index in [1.54, 1.807) is 10.9 Å². The fourth-order valence-electron chi connectivity index (χ4n) is 3.03. The fourth-order valence-corrected chi connectivity index (χ4v) is 14.7. The summed E-state index contributed by atoms with van der Waals surface area (Å²) in [6.45, 7) is 22.2. The van der Waals surface area contributed by atoms with E-state index in [1.807, 2.05) is 0 Å². The molecule has 0 bridgehead atoms. The maximum Gasteiger partial charge on any atom is 0.138 e. The van der Waals surface area contributed by atoms with Crippen LogP contribution in [-0.2, 0) is 0 Å². The summed E-state index contributed by atoms with van der Waals surface area (Å²) in [6.07, 6.45) is 0. The van der Waals surface area contributed by atoms with E-state index in [2.05, 4.69) is 87.4 Å². The molecule has 0 fully saturated rings. The Bertz CT molecular complexity index is 422. The van der Waals surface area contributed by atoms with Crippen molar-refractivity contribution in [2.45, 2.75) is 58.9 Å². The number of nitrogens with zero attached hydrogens (tertiary/aromatic N) is 1. The van der Waals surface area contributed by atoms with Crippen molar-refractivity contribution in [2.24, 2.45) is 0 Å². The van der Waals surface area contributed by atoms with E-state index in [9.17, 15) is 0 Å². The molecule has 0 aromatic heterocycles. The molecule has 1 nitrogen and oxygen atoms in total. The van der Waals surface area contributed by atoms with Crippen LogP contribution in [0.4, 0.5) is 5.69 Å². The average Bonchev–Trinajstić information content (AvgIpc) is 2.11. The van der Waals surface area contributed by atoms with Gasteiger partial charge in [-0.25, -0.2) is 0 Å². The van der Waals surface area contributed by atoms with Gasteiger partial charge in [0.15, 0.2) is 0 Å². The summed E-state index contributed by atoms with van der Waals surface area (Å²) in [7, 11) is -4.01. The summed E-state index contributed by atoms with van der Waals surface area (Å²) in [5, 5.41) is 1.62. The molecule has 0 aliphatic carbocycles. The molecule has 0 aliphatic rings. The minimum absolute atomic E-state index is 1.30. The molecule has 0 atom stereocenters. The molecule has 0 unspecified atom stereocenters. The van der Waals surface area contributed by atoms with Crippen LogP contribution in [0, 0.1) is 0 Å². The Hall–Kier alpha value is -0.329. The van der Waals surface area contributed by atoms with Crippen molar-refractivity contribution in [3.8, 4) is 0 Å². The van der Waals surface area contributed by atoms with E-state index in [0.29, 0.717) is 0 Å². The summed E-state index contributed by atoms with van der Waals surface area (Å²) in [6, 6.07) is 9.16. The maximum absolute atomic E-state index is 2.85. The highest BCUT2D eigenvalue weighted by Crippen LogP contribution is 2.28. The van der Waals surface area contributed by atoms with E-state index in [4.69, 9.17) is 0 Å². The monoisotopic (exact) mass is 309 g/mol. The lowest BCUT2D eigenvalue weighted by atomic mass is 10.3. The Morgan fingerprint density at radius 2 is 1.11 bits per heavy atom. The second kappa shape index (κ2) is 5.22. The van der Waals surface area contributed by atoms with Crippen molar-refractivity contribution >= 4 is 35.4 Å². The number of rotatable bonds is 4. The largest absolute Gasteiger partial charge is 0.425 e. The van der Waals surface area contributed by atoms with Gasteiger partial charge < -0.3 is 4.23 Å². The smallest absolute Gasteiger partial charge is 0.138 e. The van der Waals surface area contributed by atoms with Crippen LogP contribution in [0.3, 0.4) is 0 Å². The number of anilines is 1. The van der Waals surface area contributed by atoms with Gasteiger partial charge in [0, 0.05) is 5.69 Å². The Morgan fingerprint density at radius 1 is 0.684 bits per heavy atom. The van der Waals surface area contributed by atoms with Gasteiger partial charge in [0.1, 0.15) is 16.5 Å². The Labute approximate surface area is 123 Å². The van der Waals surface area contributed by atoms with E-state index in [0.717, 1.165) is 0 Å². The van der Waals surface area contributed by atoms with Gasteiger partial charge in [0.05, 0.1) is 8.07 Å². The van der Waals surface area contributed by atoms with Gasteiger partial charge in [-0.3, -0.25) is 0 Å². The lowest BCUT2D eigenvalue weighted by Gasteiger charge is -2.47. The van der Waals surface area contributed by atoms with Crippen molar-refractivity contribution in [3.05, 3.63) is 24.3 Å². The maximum atomic E-state index is 2.85. The molecule has 1 aromatic rings. The summed E-state index contributed by atoms with van der Waals surface area (Å²) < 4.78 is 2.85. The highest BCUT2D eigenvalue weighted by Gasteiger charge is 2.37. The van der Waals surface area contributed by atoms with Crippen molar-refractivity contribution in [2.75, 3.05) is 4.23 Å². The quantitative estimate of drug-likeness (QED) is 0.728. The highest BCUT2D eigenvalue weighted by molar-refractivity contribution is 7.00. The van der Waals surface area contributed by atoms with Crippen LogP contribution in [0.1, 0.15) is 0 Å². The molecule has 0 amide bonds. The van der Waals surface area contributed by atoms with Crippen molar-refractivity contribution in [1.29, 1.82) is 0 Å². The zero-order chi connectivity index (χ0) is 15.1. The SMILES string of the molecule is C[Si](C)(C)c1ccccc1N([Si](C)(C)C)[Si](C)(C)C. The molecule has 0 saturated carbocycles. The molecule has 1 aromatic carbocycles. The first-order chi connectivity index (χ1) is 8.35. The fraction of sp³-hybridized carbons (Fsp3) is 0.600. The average molecular weight is 310 g/mol. The van der Waals surface area contributed by atoms with E-state index < -0.39 is 24.5 Å². The molecule has 19 heavy (non-hydrogen) atoms. The third-order valence-corrected chi connectivity index (χ3v) is 12.5. The van der Waals surface area contributed by atoms with Gasteiger partial charge in [0.25, 0.3) is 0 Å². The molecular weight excluding hydrogens is 278 g/mol. The van der Waals surface area contributed by atoms with Crippen LogP contribution in [0.15, 0.2) is 24.3 Å². The molecule has 1 rings (SSSR count). The van der Waals surface area contributed by atoms with Crippen LogP contribution >= 0.6 is 0 Å². The zero-order valence-corrected chi connectivity index (χ0v) is 17.3. The lowest BCUT2D eigenvalue weighted by molar-refractivity contribution is 1.36. The summed E-state index contributed by atoms with van der Waals surface area (Å²) >= 11 is 0.